The molecule has 1 aliphatic carbocycles. The molecule has 1 saturated carbocycles. The van der Waals surface area contributed by atoms with Crippen molar-refractivity contribution < 1.29 is 13.2 Å². The molecule has 2 N–H and O–H groups in total. The van der Waals surface area contributed by atoms with Crippen molar-refractivity contribution in [1.82, 2.24) is 0 Å². The van der Waals surface area contributed by atoms with E-state index in [-0.39, 0.29) is 18.0 Å². The molecule has 0 radical (unpaired) electrons. The van der Waals surface area contributed by atoms with E-state index >= 15 is 0 Å². The summed E-state index contributed by atoms with van der Waals surface area (Å²) in [6.45, 7) is 5.00. The van der Waals surface area contributed by atoms with E-state index in [0.29, 0.717) is 5.69 Å². The highest BCUT2D eigenvalue weighted by molar-refractivity contribution is 7.92. The summed E-state index contributed by atoms with van der Waals surface area (Å²) < 4.78 is 23.4. The van der Waals surface area contributed by atoms with Crippen LogP contribution in [0.2, 0.25) is 0 Å². The zero-order valence-electron chi connectivity index (χ0n) is 12.8. The molecule has 0 heterocycles. The number of Topliss-reactive ketones (excluding diaryl/α,β-unsaturated/α-hetero) is 1. The van der Waals surface area contributed by atoms with Gasteiger partial charge in [-0.3, -0.25) is 4.79 Å². The topological polar surface area (TPSA) is 77.2 Å². The first-order valence-electron chi connectivity index (χ1n) is 7.20. The first-order chi connectivity index (χ1) is 9.58. The van der Waals surface area contributed by atoms with E-state index in [1.807, 2.05) is 12.1 Å². The Hall–Kier alpha value is -1.36. The molecule has 0 atom stereocenters. The van der Waals surface area contributed by atoms with E-state index < -0.39 is 20.0 Å². The van der Waals surface area contributed by atoms with E-state index in [0.717, 1.165) is 18.4 Å². The number of hydrogen-bond donors (Lipinski definition) is 1. The van der Waals surface area contributed by atoms with Gasteiger partial charge in [0.1, 0.15) is 5.78 Å². The van der Waals surface area contributed by atoms with Crippen molar-refractivity contribution in [2.24, 2.45) is 0 Å². The fourth-order valence-corrected chi connectivity index (χ4v) is 3.49. The number of hydrogen-bond acceptors (Lipinski definition) is 4. The van der Waals surface area contributed by atoms with Gasteiger partial charge in [-0.15, -0.1) is 0 Å². The quantitative estimate of drug-likeness (QED) is 0.848. The fourth-order valence-electron chi connectivity index (χ4n) is 2.43. The Bertz CT molecular complexity index is 635. The predicted molar refractivity (Wildman–Crippen MR) is 84.9 cm³/mol. The highest BCUT2D eigenvalue weighted by Crippen LogP contribution is 2.49. The lowest BCUT2D eigenvalue weighted by molar-refractivity contribution is -0.121. The molecule has 2 rings (SSSR count). The molecule has 5 heteroatoms. The molecule has 1 fully saturated rings. The maximum Gasteiger partial charge on any atom is 0.155 e. The van der Waals surface area contributed by atoms with Crippen molar-refractivity contribution in [1.29, 1.82) is 0 Å². The van der Waals surface area contributed by atoms with Crippen LogP contribution in [0.3, 0.4) is 0 Å². The van der Waals surface area contributed by atoms with Gasteiger partial charge < -0.3 is 5.73 Å². The van der Waals surface area contributed by atoms with Gasteiger partial charge in [0.15, 0.2) is 9.84 Å². The first-order valence-corrected chi connectivity index (χ1v) is 8.85. The molecular weight excluding hydrogens is 286 g/mol. The van der Waals surface area contributed by atoms with Gasteiger partial charge in [-0.1, -0.05) is 12.1 Å². The Morgan fingerprint density at radius 1 is 1.19 bits per heavy atom. The standard InChI is InChI=1S/C16H23NO3S/c1-15(2,3)21(19,20)11-8-14(18)16(9-10-16)12-4-6-13(17)7-5-12/h4-7H,8-11,17H2,1-3H3. The number of carbonyl (C=O) groups excluding carboxylic acids is 1. The summed E-state index contributed by atoms with van der Waals surface area (Å²) in [7, 11) is -3.26. The summed E-state index contributed by atoms with van der Waals surface area (Å²) in [4.78, 5) is 12.5. The monoisotopic (exact) mass is 309 g/mol. The van der Waals surface area contributed by atoms with Crippen LogP contribution in [-0.4, -0.2) is 24.7 Å². The van der Waals surface area contributed by atoms with Crippen LogP contribution in [0.4, 0.5) is 5.69 Å². The second-order valence-electron chi connectivity index (χ2n) is 6.81. The molecule has 1 aromatic carbocycles. The van der Waals surface area contributed by atoms with E-state index in [4.69, 9.17) is 5.73 Å². The molecule has 0 amide bonds. The maximum absolute atomic E-state index is 12.5. The smallest absolute Gasteiger partial charge is 0.155 e. The molecule has 21 heavy (non-hydrogen) atoms. The summed E-state index contributed by atoms with van der Waals surface area (Å²) >= 11 is 0. The molecule has 1 aliphatic rings. The lowest BCUT2D eigenvalue weighted by Gasteiger charge is -2.20. The van der Waals surface area contributed by atoms with Crippen molar-refractivity contribution in [2.75, 3.05) is 11.5 Å². The van der Waals surface area contributed by atoms with Crippen molar-refractivity contribution in [3.05, 3.63) is 29.8 Å². The van der Waals surface area contributed by atoms with Gasteiger partial charge in [0.05, 0.1) is 15.9 Å². The molecule has 0 aromatic heterocycles. The van der Waals surface area contributed by atoms with E-state index in [2.05, 4.69) is 0 Å². The third kappa shape index (κ3) is 3.12. The zero-order chi connectivity index (χ0) is 15.9. The van der Waals surface area contributed by atoms with Crippen LogP contribution in [0, 0.1) is 0 Å². The van der Waals surface area contributed by atoms with Gasteiger partial charge in [0.25, 0.3) is 0 Å². The number of nitrogen functional groups attached to an aromatic ring is 1. The Kier molecular flexibility index (Phi) is 3.91. The molecular formula is C16H23NO3S. The highest BCUT2D eigenvalue weighted by Gasteiger charge is 2.50. The molecule has 0 bridgehead atoms. The summed E-state index contributed by atoms with van der Waals surface area (Å²) in [5.41, 5.74) is 6.81. The number of benzene rings is 1. The minimum absolute atomic E-state index is 0.0279. The average molecular weight is 309 g/mol. The van der Waals surface area contributed by atoms with Crippen LogP contribution in [0.1, 0.15) is 45.6 Å². The first kappa shape index (κ1) is 16.0. The van der Waals surface area contributed by atoms with Gasteiger partial charge in [-0.25, -0.2) is 8.42 Å². The van der Waals surface area contributed by atoms with Crippen LogP contribution < -0.4 is 5.73 Å². The Morgan fingerprint density at radius 3 is 2.14 bits per heavy atom. The third-order valence-corrected chi connectivity index (χ3v) is 6.89. The average Bonchev–Trinajstić information content (AvgIpc) is 3.17. The van der Waals surface area contributed by atoms with E-state index in [1.165, 1.54) is 0 Å². The van der Waals surface area contributed by atoms with Crippen molar-refractivity contribution in [3.8, 4) is 0 Å². The SMILES string of the molecule is CC(C)(C)S(=O)(=O)CCC(=O)C1(c2ccc(N)cc2)CC1. The number of sulfone groups is 1. The van der Waals surface area contributed by atoms with E-state index in [9.17, 15) is 13.2 Å². The minimum atomic E-state index is -3.26. The molecule has 0 aliphatic heterocycles. The fraction of sp³-hybridized carbons (Fsp3) is 0.562. The summed E-state index contributed by atoms with van der Waals surface area (Å²) in [6, 6.07) is 7.32. The molecule has 4 nitrogen and oxygen atoms in total. The van der Waals surface area contributed by atoms with Gasteiger partial charge in [-0.2, -0.15) is 0 Å². The maximum atomic E-state index is 12.5. The van der Waals surface area contributed by atoms with Gasteiger partial charge in [0.2, 0.25) is 0 Å². The number of nitrogens with two attached hydrogens (primary N) is 1. The third-order valence-electron chi connectivity index (χ3n) is 4.28. The molecule has 0 unspecified atom stereocenters. The van der Waals surface area contributed by atoms with Crippen LogP contribution in [-0.2, 0) is 20.0 Å². The van der Waals surface area contributed by atoms with Crippen molar-refractivity contribution in [3.63, 3.8) is 0 Å². The zero-order valence-corrected chi connectivity index (χ0v) is 13.7. The highest BCUT2D eigenvalue weighted by atomic mass is 32.2. The summed E-state index contributed by atoms with van der Waals surface area (Å²) in [5.74, 6) is -0.0495. The lowest BCUT2D eigenvalue weighted by atomic mass is 9.90. The minimum Gasteiger partial charge on any atom is -0.399 e. The number of anilines is 1. The Balaban J connectivity index is 2.09. The molecule has 0 spiro atoms. The number of ketones is 1. The second kappa shape index (κ2) is 5.13. The normalized spacial score (nSPS) is 17.5. The number of carbonyl (C=O) groups is 1. The number of rotatable bonds is 5. The summed E-state index contributed by atoms with van der Waals surface area (Å²) in [5, 5.41) is 0. The van der Waals surface area contributed by atoms with Crippen molar-refractivity contribution >= 4 is 21.3 Å². The largest absolute Gasteiger partial charge is 0.399 e. The van der Waals surface area contributed by atoms with Gasteiger partial charge >= 0.3 is 0 Å². The summed E-state index contributed by atoms with van der Waals surface area (Å²) in [6.07, 6.45) is 1.68. The van der Waals surface area contributed by atoms with Gasteiger partial charge in [0, 0.05) is 12.1 Å². The Morgan fingerprint density at radius 2 is 1.71 bits per heavy atom. The van der Waals surface area contributed by atoms with E-state index in [1.54, 1.807) is 32.9 Å². The predicted octanol–water partition coefficient (Wildman–Crippen LogP) is 2.47. The van der Waals surface area contributed by atoms with Gasteiger partial charge in [-0.05, 0) is 51.3 Å². The molecule has 1 aromatic rings. The second-order valence-corrected chi connectivity index (χ2v) is 9.67. The molecule has 0 saturated heterocycles. The van der Waals surface area contributed by atoms with Crippen LogP contribution >= 0.6 is 0 Å². The lowest BCUT2D eigenvalue weighted by Crippen LogP contribution is -2.32. The Labute approximate surface area is 126 Å². The van der Waals surface area contributed by atoms with Crippen LogP contribution in [0.25, 0.3) is 0 Å². The van der Waals surface area contributed by atoms with Crippen molar-refractivity contribution in [2.45, 2.75) is 50.2 Å². The van der Waals surface area contributed by atoms with Crippen LogP contribution in [0.5, 0.6) is 0 Å². The van der Waals surface area contributed by atoms with Crippen LogP contribution in [0.15, 0.2) is 24.3 Å². The molecule has 116 valence electrons.